The molecule has 1 spiro atoms. The van der Waals surface area contributed by atoms with Crippen LogP contribution in [-0.4, -0.2) is 125 Å². The van der Waals surface area contributed by atoms with E-state index in [9.17, 15) is 35.1 Å². The minimum atomic E-state index is -1.60. The van der Waals surface area contributed by atoms with Gasteiger partial charge in [0.2, 0.25) is 0 Å². The van der Waals surface area contributed by atoms with Crippen molar-refractivity contribution in [1.29, 1.82) is 0 Å². The second-order valence-corrected chi connectivity index (χ2v) is 16.4. The van der Waals surface area contributed by atoms with E-state index >= 15 is 0 Å². The van der Waals surface area contributed by atoms with Crippen LogP contribution in [0.5, 0.6) is 0 Å². The van der Waals surface area contributed by atoms with E-state index in [1.165, 1.54) is 7.11 Å². The Morgan fingerprint density at radius 2 is 1.59 bits per heavy atom. The van der Waals surface area contributed by atoms with E-state index < -0.39 is 73.4 Å². The zero-order valence-electron chi connectivity index (χ0n) is 28.9. The van der Waals surface area contributed by atoms with Crippen molar-refractivity contribution in [2.75, 3.05) is 20.3 Å². The predicted molar refractivity (Wildman–Crippen MR) is 169 cm³/mol. The van der Waals surface area contributed by atoms with Crippen LogP contribution in [0.1, 0.15) is 78.6 Å². The van der Waals surface area contributed by atoms with Crippen LogP contribution in [0.15, 0.2) is 11.6 Å². The van der Waals surface area contributed by atoms with Gasteiger partial charge in [-0.2, -0.15) is 0 Å². The number of hydrogen-bond acceptors (Lipinski definition) is 13. The number of aliphatic hydroxyl groups excluding tert-OH is 5. The van der Waals surface area contributed by atoms with Crippen LogP contribution in [-0.2, 0) is 38.0 Å². The number of fused-ring (bicyclic) bond motifs is 3. The Morgan fingerprint density at radius 1 is 0.857 bits per heavy atom. The highest BCUT2D eigenvalue weighted by Gasteiger charge is 2.68. The van der Waals surface area contributed by atoms with Gasteiger partial charge in [0.25, 0.3) is 0 Å². The molecule has 0 unspecified atom stereocenters. The van der Waals surface area contributed by atoms with Crippen molar-refractivity contribution < 1.29 is 63.5 Å². The Labute approximate surface area is 287 Å². The van der Waals surface area contributed by atoms with E-state index in [1.807, 2.05) is 0 Å². The average Bonchev–Trinajstić information content (AvgIpc) is 3.50. The van der Waals surface area contributed by atoms with Crippen LogP contribution >= 0.6 is 0 Å². The monoisotopic (exact) mass is 694 g/mol. The van der Waals surface area contributed by atoms with Gasteiger partial charge in [-0.1, -0.05) is 13.8 Å². The van der Waals surface area contributed by atoms with Gasteiger partial charge in [0, 0.05) is 24.0 Å². The molecule has 3 aliphatic heterocycles. The van der Waals surface area contributed by atoms with E-state index in [0.717, 1.165) is 63.4 Å². The molecule has 4 aliphatic carbocycles. The third-order valence-corrected chi connectivity index (χ3v) is 14.1. The second kappa shape index (κ2) is 13.2. The van der Waals surface area contributed by atoms with E-state index in [-0.39, 0.29) is 28.8 Å². The summed E-state index contributed by atoms with van der Waals surface area (Å²) >= 11 is 0. The Balaban J connectivity index is 0.999. The minimum absolute atomic E-state index is 0.00757. The van der Waals surface area contributed by atoms with Crippen molar-refractivity contribution in [2.45, 2.75) is 146 Å². The first-order valence-corrected chi connectivity index (χ1v) is 18.2. The van der Waals surface area contributed by atoms with Crippen molar-refractivity contribution in [2.24, 2.45) is 34.0 Å². The Bertz CT molecular complexity index is 1310. The van der Waals surface area contributed by atoms with E-state index in [4.69, 9.17) is 28.4 Å². The lowest BCUT2D eigenvalue weighted by molar-refractivity contribution is -0.362. The fourth-order valence-corrected chi connectivity index (χ4v) is 11.4. The molecule has 0 radical (unpaired) electrons. The molecule has 7 rings (SSSR count). The smallest absolute Gasteiger partial charge is 0.331 e. The molecular weight excluding hydrogens is 640 g/mol. The fourth-order valence-electron chi connectivity index (χ4n) is 11.4. The molecule has 4 saturated carbocycles. The first-order valence-electron chi connectivity index (χ1n) is 18.2. The van der Waals surface area contributed by atoms with Gasteiger partial charge in [-0.25, -0.2) is 4.79 Å². The van der Waals surface area contributed by atoms with Gasteiger partial charge in [-0.3, -0.25) is 4.79 Å². The predicted octanol–water partition coefficient (Wildman–Crippen LogP) is 1.14. The van der Waals surface area contributed by atoms with Gasteiger partial charge >= 0.3 is 5.97 Å². The molecule has 0 aromatic carbocycles. The van der Waals surface area contributed by atoms with Gasteiger partial charge < -0.3 is 54.0 Å². The molecule has 0 amide bonds. The zero-order valence-corrected chi connectivity index (χ0v) is 28.9. The molecular formula is C36H54O13. The highest BCUT2D eigenvalue weighted by molar-refractivity contribution is 5.93. The third kappa shape index (κ3) is 5.66. The number of ketones is 1. The van der Waals surface area contributed by atoms with Gasteiger partial charge in [0.1, 0.15) is 55.1 Å². The normalized spacial score (nSPS) is 53.0. The van der Waals surface area contributed by atoms with Crippen LogP contribution in [0.2, 0.25) is 0 Å². The van der Waals surface area contributed by atoms with Crippen LogP contribution in [0.25, 0.3) is 0 Å². The van der Waals surface area contributed by atoms with Crippen LogP contribution in [0.3, 0.4) is 0 Å². The number of Topliss-reactive ketones (excluding diaryl/α,β-unsaturated/α-hetero) is 1. The number of methoxy groups -OCH3 is 1. The maximum Gasteiger partial charge on any atom is 0.331 e. The van der Waals surface area contributed by atoms with Crippen molar-refractivity contribution >= 4 is 11.8 Å². The summed E-state index contributed by atoms with van der Waals surface area (Å²) in [6.45, 7) is 5.95. The summed E-state index contributed by atoms with van der Waals surface area (Å²) in [5.41, 5.74) is 0.181. The molecule has 0 aromatic rings. The second-order valence-electron chi connectivity index (χ2n) is 16.4. The molecule has 7 aliphatic rings. The summed E-state index contributed by atoms with van der Waals surface area (Å²) < 4.78 is 35.0. The molecule has 13 heteroatoms. The summed E-state index contributed by atoms with van der Waals surface area (Å²) in [7, 11) is 1.43. The van der Waals surface area contributed by atoms with E-state index in [1.54, 1.807) is 13.0 Å². The molecule has 49 heavy (non-hydrogen) atoms. The fraction of sp³-hybridized carbons (Fsp3) is 0.889. The van der Waals surface area contributed by atoms with Crippen molar-refractivity contribution in [3.05, 3.63) is 11.6 Å². The minimum Gasteiger partial charge on any atom is -0.458 e. The lowest BCUT2D eigenvalue weighted by Gasteiger charge is -2.66. The molecule has 13 nitrogen and oxygen atoms in total. The molecule has 3 heterocycles. The molecule has 17 atom stereocenters. The summed E-state index contributed by atoms with van der Waals surface area (Å²) in [6, 6.07) is 0. The zero-order chi connectivity index (χ0) is 35.0. The molecule has 5 N–H and O–H groups in total. The summed E-state index contributed by atoms with van der Waals surface area (Å²) in [6.07, 6.45) is -2.72. The molecule has 6 fully saturated rings. The van der Waals surface area contributed by atoms with Crippen LogP contribution in [0.4, 0.5) is 0 Å². The molecule has 2 bridgehead atoms. The van der Waals surface area contributed by atoms with Crippen molar-refractivity contribution in [1.82, 2.24) is 0 Å². The van der Waals surface area contributed by atoms with Gasteiger partial charge in [-0.05, 0) is 93.5 Å². The highest BCUT2D eigenvalue weighted by Crippen LogP contribution is 2.70. The van der Waals surface area contributed by atoms with Gasteiger partial charge in [0.15, 0.2) is 12.6 Å². The first-order chi connectivity index (χ1) is 23.3. The van der Waals surface area contributed by atoms with Crippen LogP contribution in [0, 0.1) is 34.0 Å². The van der Waals surface area contributed by atoms with E-state index in [0.29, 0.717) is 24.2 Å². The largest absolute Gasteiger partial charge is 0.458 e. The molecule has 0 aromatic heterocycles. The summed E-state index contributed by atoms with van der Waals surface area (Å²) in [5.74, 6) is 0.816. The van der Waals surface area contributed by atoms with E-state index in [2.05, 4.69) is 13.8 Å². The Morgan fingerprint density at radius 3 is 2.29 bits per heavy atom. The number of carbonyl (C=O) groups excluding carboxylic acids is 2. The lowest BCUT2D eigenvalue weighted by Crippen LogP contribution is -2.65. The number of esters is 1. The molecule has 276 valence electrons. The number of ether oxygens (including phenoxy) is 6. The first kappa shape index (κ1) is 35.9. The standard InChI is InChI=1S/C36H54O13/c1-17-29(49-31-27(41)26(40)25(39)22(15-37)48-31)30(44-4)28(42)32(46-17)47-20-6-9-34(2)19(14-20)5-11-36-12-7-21(18-13-24(38)45-16-18)35(3,33(36)43)10-8-23(34)36/h13,17,19-23,25-32,37,39-42H,5-12,14-16H2,1-4H3/t17-,19+,20-,21+,22+,23+,25+,26-,27+,28-,29-,30-,31-,32-,34-,35+,36+/m0/s1. The van der Waals surface area contributed by atoms with Crippen molar-refractivity contribution in [3.8, 4) is 0 Å². The summed E-state index contributed by atoms with van der Waals surface area (Å²) in [5, 5.41) is 51.8. The summed E-state index contributed by atoms with van der Waals surface area (Å²) in [4.78, 5) is 26.4. The maximum atomic E-state index is 14.5. The number of carbonyl (C=O) groups is 2. The SMILES string of the molecule is CO[C@H]1[C@H](O)[C@H](O[C@H]2CC[C@@]3(C)[C@H](CC[C@@]45CC[C@H](C6=CC(=O)OC6)[C@@](C)(CC[C@@H]43)C5=O)C2)O[C@@H](C)[C@@H]1O[C@@H]1O[C@H](CO)[C@@H](O)[C@H](O)[C@H]1O. The number of aliphatic hydroxyl groups is 5. The van der Waals surface area contributed by atoms with Gasteiger partial charge in [-0.15, -0.1) is 0 Å². The number of rotatable bonds is 7. The number of hydrogen-bond donors (Lipinski definition) is 5. The quantitative estimate of drug-likeness (QED) is 0.189. The van der Waals surface area contributed by atoms with Gasteiger partial charge in [0.05, 0.1) is 18.8 Å². The van der Waals surface area contributed by atoms with Crippen molar-refractivity contribution in [3.63, 3.8) is 0 Å². The third-order valence-electron chi connectivity index (χ3n) is 14.1. The van der Waals surface area contributed by atoms with Crippen LogP contribution < -0.4 is 0 Å². The molecule has 2 saturated heterocycles. The Hall–Kier alpha value is -1.52. The highest BCUT2D eigenvalue weighted by atomic mass is 16.7. The topological polar surface area (TPSA) is 191 Å². The number of cyclic esters (lactones) is 1. The Kier molecular flexibility index (Phi) is 9.63. The lowest BCUT2D eigenvalue weighted by atomic mass is 9.37. The average molecular weight is 695 g/mol. The maximum absolute atomic E-state index is 14.5.